The Morgan fingerprint density at radius 1 is 1.55 bits per heavy atom. The van der Waals surface area contributed by atoms with E-state index >= 15 is 0 Å². The second kappa shape index (κ2) is 7.34. The fourth-order valence-corrected chi connectivity index (χ4v) is 0.511. The lowest BCUT2D eigenvalue weighted by Crippen LogP contribution is -2.23. The SMILES string of the molecule is CCN=C(/C=N/O)N(C)C.Cl. The molecule has 4 nitrogen and oxygen atoms in total. The first-order valence-electron chi connectivity index (χ1n) is 3.11. The Bertz CT molecular complexity index is 145. The molecule has 1 N–H and O–H groups in total. The number of rotatable bonds is 2. The lowest BCUT2D eigenvalue weighted by Gasteiger charge is -2.09. The first kappa shape index (κ1) is 12.9. The fourth-order valence-electron chi connectivity index (χ4n) is 0.511. The van der Waals surface area contributed by atoms with Crippen molar-refractivity contribution in [1.29, 1.82) is 0 Å². The summed E-state index contributed by atoms with van der Waals surface area (Å²) in [5, 5.41) is 11.1. The number of oxime groups is 1. The summed E-state index contributed by atoms with van der Waals surface area (Å²) in [6.07, 6.45) is 1.31. The van der Waals surface area contributed by atoms with Crippen LogP contribution in [0.2, 0.25) is 0 Å². The van der Waals surface area contributed by atoms with E-state index in [0.717, 1.165) is 0 Å². The van der Waals surface area contributed by atoms with E-state index in [1.807, 2.05) is 21.0 Å². The molecule has 0 aromatic carbocycles. The van der Waals surface area contributed by atoms with Gasteiger partial charge in [-0.2, -0.15) is 0 Å². The Morgan fingerprint density at radius 2 is 2.09 bits per heavy atom. The highest BCUT2D eigenvalue weighted by Gasteiger charge is 1.94. The van der Waals surface area contributed by atoms with E-state index < -0.39 is 0 Å². The second-order valence-corrected chi connectivity index (χ2v) is 1.97. The predicted octanol–water partition coefficient (Wildman–Crippen LogP) is 0.848. The smallest absolute Gasteiger partial charge is 0.145 e. The minimum Gasteiger partial charge on any atom is -0.411 e. The van der Waals surface area contributed by atoms with Gasteiger partial charge in [-0.1, -0.05) is 5.16 Å². The standard InChI is InChI=1S/C6H13N3O.ClH/c1-4-7-6(5-8-10)9(2)3;/h5,10H,4H2,1-3H3;1H/b7-6?,8-5+;. The summed E-state index contributed by atoms with van der Waals surface area (Å²) >= 11 is 0. The van der Waals surface area contributed by atoms with Crippen LogP contribution in [0.3, 0.4) is 0 Å². The van der Waals surface area contributed by atoms with Gasteiger partial charge in [-0.25, -0.2) is 0 Å². The van der Waals surface area contributed by atoms with Crippen molar-refractivity contribution < 1.29 is 5.21 Å². The molecule has 0 saturated heterocycles. The van der Waals surface area contributed by atoms with Crippen molar-refractivity contribution in [1.82, 2.24) is 4.90 Å². The Balaban J connectivity index is 0. The largest absolute Gasteiger partial charge is 0.411 e. The summed E-state index contributed by atoms with van der Waals surface area (Å²) in [6, 6.07) is 0. The van der Waals surface area contributed by atoms with Crippen LogP contribution in [0.5, 0.6) is 0 Å². The minimum atomic E-state index is 0. The van der Waals surface area contributed by atoms with E-state index in [9.17, 15) is 0 Å². The average molecular weight is 180 g/mol. The first-order valence-corrected chi connectivity index (χ1v) is 3.11. The molecule has 0 aliphatic heterocycles. The molecule has 0 aliphatic carbocycles. The first-order chi connectivity index (χ1) is 4.72. The van der Waals surface area contributed by atoms with E-state index in [2.05, 4.69) is 10.1 Å². The van der Waals surface area contributed by atoms with Gasteiger partial charge in [0, 0.05) is 20.6 Å². The van der Waals surface area contributed by atoms with E-state index in [1.165, 1.54) is 6.21 Å². The van der Waals surface area contributed by atoms with Crippen molar-refractivity contribution >= 4 is 24.5 Å². The number of aliphatic imine (C=N–C) groups is 1. The van der Waals surface area contributed by atoms with E-state index in [1.54, 1.807) is 4.90 Å². The van der Waals surface area contributed by atoms with Gasteiger partial charge in [-0.3, -0.25) is 4.99 Å². The summed E-state index contributed by atoms with van der Waals surface area (Å²) < 4.78 is 0. The summed E-state index contributed by atoms with van der Waals surface area (Å²) in [7, 11) is 3.69. The summed E-state index contributed by atoms with van der Waals surface area (Å²) in [4.78, 5) is 5.83. The molecule has 0 saturated carbocycles. The molecule has 0 bridgehead atoms. The molecule has 0 aromatic rings. The fraction of sp³-hybridized carbons (Fsp3) is 0.667. The third-order valence-corrected chi connectivity index (χ3v) is 0.952. The number of nitrogens with zero attached hydrogens (tertiary/aromatic N) is 3. The Kier molecular flexibility index (Phi) is 8.58. The van der Waals surface area contributed by atoms with Crippen LogP contribution in [0.15, 0.2) is 10.1 Å². The maximum absolute atomic E-state index is 8.17. The summed E-state index contributed by atoms with van der Waals surface area (Å²) in [5.74, 6) is 0.671. The molecule has 5 heteroatoms. The number of halogens is 1. The Hall–Kier alpha value is -0.770. The lowest BCUT2D eigenvalue weighted by atomic mass is 10.5. The van der Waals surface area contributed by atoms with E-state index in [4.69, 9.17) is 5.21 Å². The molecule has 0 unspecified atom stereocenters. The van der Waals surface area contributed by atoms with Gasteiger partial charge in [0.25, 0.3) is 0 Å². The molecule has 0 aliphatic rings. The van der Waals surface area contributed by atoms with Crippen molar-refractivity contribution in [2.45, 2.75) is 6.92 Å². The maximum Gasteiger partial charge on any atom is 0.145 e. The average Bonchev–Trinajstić information content (AvgIpc) is 1.87. The van der Waals surface area contributed by atoms with Gasteiger partial charge in [0.1, 0.15) is 12.1 Å². The molecule has 0 aromatic heterocycles. The highest BCUT2D eigenvalue weighted by molar-refractivity contribution is 6.28. The van der Waals surface area contributed by atoms with Gasteiger partial charge in [-0.15, -0.1) is 12.4 Å². The third kappa shape index (κ3) is 5.66. The van der Waals surface area contributed by atoms with Crippen LogP contribution in [0.1, 0.15) is 6.92 Å². The van der Waals surface area contributed by atoms with E-state index in [0.29, 0.717) is 12.4 Å². The Morgan fingerprint density at radius 3 is 2.36 bits per heavy atom. The quantitative estimate of drug-likeness (QED) is 0.296. The second-order valence-electron chi connectivity index (χ2n) is 1.97. The van der Waals surface area contributed by atoms with Gasteiger partial charge in [0.15, 0.2) is 0 Å². The van der Waals surface area contributed by atoms with Gasteiger partial charge in [-0.05, 0) is 6.92 Å². The highest BCUT2D eigenvalue weighted by atomic mass is 35.5. The molecular weight excluding hydrogens is 166 g/mol. The summed E-state index contributed by atoms with van der Waals surface area (Å²) in [5.41, 5.74) is 0. The molecule has 66 valence electrons. The molecule has 0 rings (SSSR count). The monoisotopic (exact) mass is 179 g/mol. The molecule has 0 amide bonds. The minimum absolute atomic E-state index is 0. The van der Waals surface area contributed by atoms with Gasteiger partial charge in [0.2, 0.25) is 0 Å². The van der Waals surface area contributed by atoms with Crippen LogP contribution >= 0.6 is 12.4 Å². The molecule has 11 heavy (non-hydrogen) atoms. The molecule has 0 heterocycles. The molecule has 0 radical (unpaired) electrons. The van der Waals surface area contributed by atoms with Crippen molar-refractivity contribution in [3.63, 3.8) is 0 Å². The topological polar surface area (TPSA) is 48.2 Å². The molecule has 0 fully saturated rings. The number of amidine groups is 1. The van der Waals surface area contributed by atoms with Crippen molar-refractivity contribution in [3.8, 4) is 0 Å². The lowest BCUT2D eigenvalue weighted by molar-refractivity contribution is 0.322. The van der Waals surface area contributed by atoms with Crippen LogP contribution in [-0.4, -0.2) is 42.8 Å². The van der Waals surface area contributed by atoms with Gasteiger partial charge >= 0.3 is 0 Å². The third-order valence-electron chi connectivity index (χ3n) is 0.952. The van der Waals surface area contributed by atoms with Crippen molar-refractivity contribution in [3.05, 3.63) is 0 Å². The van der Waals surface area contributed by atoms with Crippen molar-refractivity contribution in [2.24, 2.45) is 10.1 Å². The van der Waals surface area contributed by atoms with Crippen LogP contribution in [0.25, 0.3) is 0 Å². The normalized spacial score (nSPS) is 11.4. The van der Waals surface area contributed by atoms with E-state index in [-0.39, 0.29) is 12.4 Å². The van der Waals surface area contributed by atoms with Crippen LogP contribution in [0.4, 0.5) is 0 Å². The van der Waals surface area contributed by atoms with Crippen LogP contribution in [0, 0.1) is 0 Å². The molecule has 0 atom stereocenters. The predicted molar refractivity (Wildman–Crippen MR) is 49.2 cm³/mol. The molecular formula is C6H14ClN3O. The Labute approximate surface area is 73.0 Å². The molecule has 0 spiro atoms. The highest BCUT2D eigenvalue weighted by Crippen LogP contribution is 1.80. The zero-order chi connectivity index (χ0) is 7.98. The van der Waals surface area contributed by atoms with Crippen LogP contribution < -0.4 is 0 Å². The number of hydrogen-bond donors (Lipinski definition) is 1. The summed E-state index contributed by atoms with van der Waals surface area (Å²) in [6.45, 7) is 2.62. The maximum atomic E-state index is 8.17. The van der Waals surface area contributed by atoms with Gasteiger partial charge in [0.05, 0.1) is 0 Å². The zero-order valence-electron chi connectivity index (χ0n) is 6.98. The zero-order valence-corrected chi connectivity index (χ0v) is 7.80. The van der Waals surface area contributed by atoms with Crippen molar-refractivity contribution in [2.75, 3.05) is 20.6 Å². The van der Waals surface area contributed by atoms with Crippen LogP contribution in [-0.2, 0) is 0 Å². The van der Waals surface area contributed by atoms with Gasteiger partial charge < -0.3 is 10.1 Å². The number of hydrogen-bond acceptors (Lipinski definition) is 3.